The monoisotopic (exact) mass is 278 g/mol. The van der Waals surface area contributed by atoms with Crippen LogP contribution in [-0.2, 0) is 0 Å². The molecule has 2 rings (SSSR count). The van der Waals surface area contributed by atoms with Gasteiger partial charge in [0.05, 0.1) is 4.92 Å². The lowest BCUT2D eigenvalue weighted by atomic mass is 9.80. The maximum atomic E-state index is 10.8. The minimum Gasteiger partial charge on any atom is -0.370 e. The molecule has 1 fully saturated rings. The van der Waals surface area contributed by atoms with Crippen molar-refractivity contribution in [2.75, 3.05) is 32.0 Å². The zero-order valence-electron chi connectivity index (χ0n) is 12.3. The second-order valence-electron chi connectivity index (χ2n) is 6.08. The zero-order valence-corrected chi connectivity index (χ0v) is 12.3. The van der Waals surface area contributed by atoms with Gasteiger partial charge in [-0.25, -0.2) is 4.98 Å². The molecule has 0 bridgehead atoms. The highest BCUT2D eigenvalue weighted by Crippen LogP contribution is 2.30. The summed E-state index contributed by atoms with van der Waals surface area (Å²) in [7, 11) is 2.15. The van der Waals surface area contributed by atoms with Gasteiger partial charge < -0.3 is 10.2 Å². The number of aryl methyl sites for hydroxylation is 1. The summed E-state index contributed by atoms with van der Waals surface area (Å²) in [5.41, 5.74) is 0.978. The molecule has 0 aliphatic carbocycles. The molecule has 0 saturated carbocycles. The van der Waals surface area contributed by atoms with Crippen LogP contribution < -0.4 is 5.32 Å². The van der Waals surface area contributed by atoms with Crippen LogP contribution in [-0.4, -0.2) is 41.5 Å². The van der Waals surface area contributed by atoms with Gasteiger partial charge in [-0.05, 0) is 51.4 Å². The van der Waals surface area contributed by atoms with Crippen molar-refractivity contribution in [3.8, 4) is 0 Å². The highest BCUT2D eigenvalue weighted by Gasteiger charge is 2.28. The maximum absolute atomic E-state index is 10.8. The van der Waals surface area contributed by atoms with E-state index in [2.05, 4.69) is 29.2 Å². The number of likely N-dealkylation sites (tertiary alicyclic amines) is 1. The van der Waals surface area contributed by atoms with Crippen molar-refractivity contribution >= 4 is 11.5 Å². The van der Waals surface area contributed by atoms with Crippen LogP contribution in [0.25, 0.3) is 0 Å². The van der Waals surface area contributed by atoms with Gasteiger partial charge in [0.1, 0.15) is 12.0 Å². The predicted octanol–water partition coefficient (Wildman–Crippen LogP) is 2.44. The molecule has 0 unspecified atom stereocenters. The largest absolute Gasteiger partial charge is 0.370 e. The number of anilines is 1. The zero-order chi connectivity index (χ0) is 14.8. The third-order valence-corrected chi connectivity index (χ3v) is 4.17. The van der Waals surface area contributed by atoms with E-state index in [4.69, 9.17) is 0 Å². The molecule has 20 heavy (non-hydrogen) atoms. The second-order valence-corrected chi connectivity index (χ2v) is 6.08. The molecule has 1 aliphatic rings. The third-order valence-electron chi connectivity index (χ3n) is 4.17. The van der Waals surface area contributed by atoms with E-state index >= 15 is 0 Å². The van der Waals surface area contributed by atoms with Crippen LogP contribution >= 0.6 is 0 Å². The average Bonchev–Trinajstić information content (AvgIpc) is 2.40. The molecule has 1 aliphatic heterocycles. The molecule has 0 radical (unpaired) electrons. The number of nitrogens with one attached hydrogen (secondary N) is 1. The third kappa shape index (κ3) is 3.45. The first-order valence-corrected chi connectivity index (χ1v) is 6.93. The number of aromatic nitrogens is 1. The van der Waals surface area contributed by atoms with Crippen LogP contribution in [0, 0.1) is 22.5 Å². The number of nitrogens with zero attached hydrogens (tertiary/aromatic N) is 3. The van der Waals surface area contributed by atoms with Crippen molar-refractivity contribution in [1.29, 1.82) is 0 Å². The number of nitro groups is 1. The molecule has 1 aromatic rings. The van der Waals surface area contributed by atoms with Crippen molar-refractivity contribution in [3.05, 3.63) is 27.9 Å². The minimum atomic E-state index is -0.398. The highest BCUT2D eigenvalue weighted by atomic mass is 16.6. The SMILES string of the molecule is Cc1cc(NCC2(C)CCN(C)CC2)ncc1[N+](=O)[O-]. The van der Waals surface area contributed by atoms with Crippen molar-refractivity contribution in [2.24, 2.45) is 5.41 Å². The Morgan fingerprint density at radius 2 is 2.15 bits per heavy atom. The standard InChI is InChI=1S/C14H22N4O2/c1-11-8-13(15-9-12(11)18(19)20)16-10-14(2)4-6-17(3)7-5-14/h8-9H,4-7,10H2,1-3H3,(H,15,16). The van der Waals surface area contributed by atoms with Crippen molar-refractivity contribution in [1.82, 2.24) is 9.88 Å². The molecule has 110 valence electrons. The lowest BCUT2D eigenvalue weighted by molar-refractivity contribution is -0.385. The summed E-state index contributed by atoms with van der Waals surface area (Å²) < 4.78 is 0. The van der Waals surface area contributed by atoms with Gasteiger partial charge in [0, 0.05) is 12.1 Å². The molecule has 1 aromatic heterocycles. The Balaban J connectivity index is 1.97. The topological polar surface area (TPSA) is 71.3 Å². The van der Waals surface area contributed by atoms with Crippen molar-refractivity contribution in [3.63, 3.8) is 0 Å². The van der Waals surface area contributed by atoms with Crippen molar-refractivity contribution < 1.29 is 4.92 Å². The fourth-order valence-corrected chi connectivity index (χ4v) is 2.48. The van der Waals surface area contributed by atoms with E-state index in [0.29, 0.717) is 11.4 Å². The van der Waals surface area contributed by atoms with Crippen LogP contribution in [0.4, 0.5) is 11.5 Å². The molecular weight excluding hydrogens is 256 g/mol. The number of rotatable bonds is 4. The summed E-state index contributed by atoms with van der Waals surface area (Å²) >= 11 is 0. The second kappa shape index (κ2) is 5.75. The van der Waals surface area contributed by atoms with Gasteiger partial charge in [-0.15, -0.1) is 0 Å². The van der Waals surface area contributed by atoms with Crippen LogP contribution in [0.1, 0.15) is 25.3 Å². The molecular formula is C14H22N4O2. The lowest BCUT2D eigenvalue weighted by Crippen LogP contribution is -2.40. The molecule has 1 N–H and O–H groups in total. The van der Waals surface area contributed by atoms with E-state index in [1.54, 1.807) is 13.0 Å². The Morgan fingerprint density at radius 1 is 1.50 bits per heavy atom. The predicted molar refractivity (Wildman–Crippen MR) is 79.0 cm³/mol. The van der Waals surface area contributed by atoms with E-state index in [1.165, 1.54) is 6.20 Å². The Labute approximate surface area is 119 Å². The number of hydrogen-bond donors (Lipinski definition) is 1. The summed E-state index contributed by atoms with van der Waals surface area (Å²) in [5, 5.41) is 14.1. The lowest BCUT2D eigenvalue weighted by Gasteiger charge is -2.38. The molecule has 2 heterocycles. The Hall–Kier alpha value is -1.69. The van der Waals surface area contributed by atoms with Crippen LogP contribution in [0.15, 0.2) is 12.3 Å². The summed E-state index contributed by atoms with van der Waals surface area (Å²) in [4.78, 5) is 16.8. The van der Waals surface area contributed by atoms with E-state index in [1.807, 2.05) is 0 Å². The Morgan fingerprint density at radius 3 is 2.70 bits per heavy atom. The van der Waals surface area contributed by atoms with Gasteiger partial charge >= 0.3 is 0 Å². The fraction of sp³-hybridized carbons (Fsp3) is 0.643. The van der Waals surface area contributed by atoms with Crippen LogP contribution in [0.5, 0.6) is 0 Å². The molecule has 1 saturated heterocycles. The van der Waals surface area contributed by atoms with Crippen molar-refractivity contribution in [2.45, 2.75) is 26.7 Å². The van der Waals surface area contributed by atoms with E-state index in [9.17, 15) is 10.1 Å². The number of pyridine rings is 1. The Kier molecular flexibility index (Phi) is 4.23. The van der Waals surface area contributed by atoms with E-state index in [-0.39, 0.29) is 11.1 Å². The van der Waals surface area contributed by atoms with E-state index in [0.717, 1.165) is 32.5 Å². The minimum absolute atomic E-state index is 0.0704. The summed E-state index contributed by atoms with van der Waals surface area (Å²) in [6.07, 6.45) is 3.64. The molecule has 0 amide bonds. The fourth-order valence-electron chi connectivity index (χ4n) is 2.48. The maximum Gasteiger partial charge on any atom is 0.290 e. The summed E-state index contributed by atoms with van der Waals surface area (Å²) in [6.45, 7) is 7.11. The molecule has 0 spiro atoms. The van der Waals surface area contributed by atoms with Crippen LogP contribution in [0.2, 0.25) is 0 Å². The smallest absolute Gasteiger partial charge is 0.290 e. The first kappa shape index (κ1) is 14.7. The van der Waals surface area contributed by atoms with Gasteiger partial charge in [0.15, 0.2) is 0 Å². The van der Waals surface area contributed by atoms with Crippen LogP contribution in [0.3, 0.4) is 0 Å². The Bertz CT molecular complexity index is 496. The molecule has 0 atom stereocenters. The molecule has 6 nitrogen and oxygen atoms in total. The number of piperidine rings is 1. The van der Waals surface area contributed by atoms with Gasteiger partial charge in [-0.2, -0.15) is 0 Å². The highest BCUT2D eigenvalue weighted by molar-refractivity contribution is 5.46. The first-order valence-electron chi connectivity index (χ1n) is 6.93. The summed E-state index contributed by atoms with van der Waals surface area (Å²) in [6, 6.07) is 1.75. The molecule has 0 aromatic carbocycles. The van der Waals surface area contributed by atoms with E-state index < -0.39 is 4.92 Å². The molecule has 6 heteroatoms. The van der Waals surface area contributed by atoms with Gasteiger partial charge in [0.2, 0.25) is 0 Å². The average molecular weight is 278 g/mol. The first-order chi connectivity index (χ1) is 9.39. The van der Waals surface area contributed by atoms with Gasteiger partial charge in [-0.3, -0.25) is 10.1 Å². The van der Waals surface area contributed by atoms with Gasteiger partial charge in [0.25, 0.3) is 5.69 Å². The quantitative estimate of drug-likeness (QED) is 0.676. The van der Waals surface area contributed by atoms with Gasteiger partial charge in [-0.1, -0.05) is 6.92 Å². The normalized spacial score (nSPS) is 18.8. The summed E-state index contributed by atoms with van der Waals surface area (Å²) in [5.74, 6) is 0.716. The number of hydrogen-bond acceptors (Lipinski definition) is 5.